The molecule has 3 fully saturated rings. The van der Waals surface area contributed by atoms with Crippen LogP contribution in [0.15, 0.2) is 0 Å². The van der Waals surface area contributed by atoms with Gasteiger partial charge in [-0.25, -0.2) is 4.79 Å². The van der Waals surface area contributed by atoms with E-state index in [-0.39, 0.29) is 12.1 Å². The number of hydrogen-bond donors (Lipinski definition) is 2. The molecule has 6 nitrogen and oxygen atoms in total. The number of anilines is 2. The SMILES string of the molecule is Nc1nsc(N2CCN3C(=O)NCC3C2)c1C1CC1. The summed E-state index contributed by atoms with van der Waals surface area (Å²) >= 11 is 1.51. The van der Waals surface area contributed by atoms with Crippen LogP contribution in [0.2, 0.25) is 0 Å². The van der Waals surface area contributed by atoms with Gasteiger partial charge >= 0.3 is 6.03 Å². The monoisotopic (exact) mass is 279 g/mol. The summed E-state index contributed by atoms with van der Waals surface area (Å²) in [7, 11) is 0. The maximum atomic E-state index is 11.6. The van der Waals surface area contributed by atoms with Crippen molar-refractivity contribution in [3.05, 3.63) is 5.56 Å². The molecule has 0 aromatic carbocycles. The van der Waals surface area contributed by atoms with Crippen molar-refractivity contribution in [2.45, 2.75) is 24.8 Å². The fraction of sp³-hybridized carbons (Fsp3) is 0.667. The molecule has 1 atom stereocenters. The van der Waals surface area contributed by atoms with Gasteiger partial charge in [0.15, 0.2) is 0 Å². The zero-order valence-corrected chi connectivity index (χ0v) is 11.4. The Morgan fingerprint density at radius 3 is 3.00 bits per heavy atom. The summed E-state index contributed by atoms with van der Waals surface area (Å²) in [6.07, 6.45) is 2.47. The lowest BCUT2D eigenvalue weighted by Gasteiger charge is -2.37. The Bertz CT molecular complexity index is 526. The molecule has 3 N–H and O–H groups in total. The van der Waals surface area contributed by atoms with Crippen molar-refractivity contribution < 1.29 is 4.79 Å². The second-order valence-electron chi connectivity index (χ2n) is 5.54. The van der Waals surface area contributed by atoms with Gasteiger partial charge in [0, 0.05) is 31.7 Å². The number of aromatic nitrogens is 1. The Morgan fingerprint density at radius 1 is 1.37 bits per heavy atom. The zero-order valence-electron chi connectivity index (χ0n) is 10.6. The second-order valence-corrected chi connectivity index (χ2v) is 6.29. The van der Waals surface area contributed by atoms with Gasteiger partial charge in [-0.2, -0.15) is 4.37 Å². The summed E-state index contributed by atoms with van der Waals surface area (Å²) in [6.45, 7) is 3.31. The predicted octanol–water partition coefficient (Wildman–Crippen LogP) is 0.816. The summed E-state index contributed by atoms with van der Waals surface area (Å²) in [5.41, 5.74) is 7.27. The highest BCUT2D eigenvalue weighted by Gasteiger charge is 2.38. The van der Waals surface area contributed by atoms with Crippen molar-refractivity contribution in [1.29, 1.82) is 0 Å². The molecule has 0 bridgehead atoms. The smallest absolute Gasteiger partial charge is 0.317 e. The number of nitrogens with two attached hydrogens (primary N) is 1. The van der Waals surface area contributed by atoms with Crippen molar-refractivity contribution in [2.24, 2.45) is 0 Å². The molecule has 2 saturated heterocycles. The van der Waals surface area contributed by atoms with E-state index >= 15 is 0 Å². The lowest BCUT2D eigenvalue weighted by atomic mass is 10.1. The molecule has 1 aromatic rings. The Labute approximate surface area is 115 Å². The van der Waals surface area contributed by atoms with Gasteiger partial charge in [-0.05, 0) is 30.3 Å². The van der Waals surface area contributed by atoms with E-state index in [2.05, 4.69) is 14.6 Å². The van der Waals surface area contributed by atoms with E-state index in [0.29, 0.717) is 11.7 Å². The molecule has 0 spiro atoms. The molecule has 2 amide bonds. The van der Waals surface area contributed by atoms with Crippen LogP contribution in [0.25, 0.3) is 0 Å². The molecule has 1 saturated carbocycles. The fourth-order valence-electron chi connectivity index (χ4n) is 3.07. The van der Waals surface area contributed by atoms with E-state index in [1.54, 1.807) is 0 Å². The Balaban J connectivity index is 1.59. The van der Waals surface area contributed by atoms with Crippen molar-refractivity contribution in [2.75, 3.05) is 36.8 Å². The number of carbonyl (C=O) groups excluding carboxylic acids is 1. The molecule has 0 radical (unpaired) electrons. The predicted molar refractivity (Wildman–Crippen MR) is 74.6 cm³/mol. The Morgan fingerprint density at radius 2 is 2.21 bits per heavy atom. The van der Waals surface area contributed by atoms with Crippen molar-refractivity contribution in [3.8, 4) is 0 Å². The molecule has 1 aliphatic carbocycles. The Hall–Kier alpha value is -1.50. The van der Waals surface area contributed by atoms with Crippen LogP contribution >= 0.6 is 11.5 Å². The van der Waals surface area contributed by atoms with Crippen LogP contribution in [0.4, 0.5) is 15.6 Å². The lowest BCUT2D eigenvalue weighted by molar-refractivity contribution is 0.198. The van der Waals surface area contributed by atoms with Crippen LogP contribution in [0.5, 0.6) is 0 Å². The quantitative estimate of drug-likeness (QED) is 0.840. The summed E-state index contributed by atoms with van der Waals surface area (Å²) in [5.74, 6) is 1.33. The topological polar surface area (TPSA) is 74.5 Å². The molecular weight excluding hydrogens is 262 g/mol. The highest BCUT2D eigenvalue weighted by atomic mass is 32.1. The molecule has 19 heavy (non-hydrogen) atoms. The van der Waals surface area contributed by atoms with E-state index < -0.39 is 0 Å². The van der Waals surface area contributed by atoms with Crippen molar-refractivity contribution in [1.82, 2.24) is 14.6 Å². The van der Waals surface area contributed by atoms with Crippen LogP contribution in [-0.2, 0) is 0 Å². The molecule has 102 valence electrons. The van der Waals surface area contributed by atoms with E-state index in [9.17, 15) is 4.79 Å². The largest absolute Gasteiger partial charge is 0.383 e. The van der Waals surface area contributed by atoms with Crippen LogP contribution < -0.4 is 16.0 Å². The molecule has 1 unspecified atom stereocenters. The first-order valence-electron chi connectivity index (χ1n) is 6.78. The normalized spacial score (nSPS) is 26.5. The van der Waals surface area contributed by atoms with Gasteiger partial charge < -0.3 is 20.9 Å². The average molecular weight is 279 g/mol. The van der Waals surface area contributed by atoms with Crippen molar-refractivity contribution in [3.63, 3.8) is 0 Å². The van der Waals surface area contributed by atoms with Gasteiger partial charge in [-0.1, -0.05) is 0 Å². The average Bonchev–Trinajstić information content (AvgIpc) is 3.09. The molecule has 2 aliphatic heterocycles. The highest BCUT2D eigenvalue weighted by Crippen LogP contribution is 2.49. The van der Waals surface area contributed by atoms with Gasteiger partial charge in [0.25, 0.3) is 0 Å². The van der Waals surface area contributed by atoms with Crippen LogP contribution in [0, 0.1) is 0 Å². The summed E-state index contributed by atoms with van der Waals surface area (Å²) in [4.78, 5) is 15.9. The maximum Gasteiger partial charge on any atom is 0.317 e. The lowest BCUT2D eigenvalue weighted by Crippen LogP contribution is -2.52. The number of nitrogen functional groups attached to an aromatic ring is 1. The first-order chi connectivity index (χ1) is 9.24. The van der Waals surface area contributed by atoms with Gasteiger partial charge in [0.2, 0.25) is 0 Å². The summed E-state index contributed by atoms with van der Waals surface area (Å²) < 4.78 is 4.34. The number of nitrogens with one attached hydrogen (secondary N) is 1. The number of hydrogen-bond acceptors (Lipinski definition) is 5. The minimum atomic E-state index is 0.0795. The van der Waals surface area contributed by atoms with E-state index in [1.807, 2.05) is 4.90 Å². The second kappa shape index (κ2) is 4.00. The van der Waals surface area contributed by atoms with Gasteiger partial charge in [0.1, 0.15) is 10.8 Å². The molecule has 3 heterocycles. The number of nitrogens with zero attached hydrogens (tertiary/aromatic N) is 3. The Kier molecular flexibility index (Phi) is 2.38. The number of urea groups is 1. The number of carbonyl (C=O) groups is 1. The van der Waals surface area contributed by atoms with Gasteiger partial charge in [-0.15, -0.1) is 0 Å². The third-order valence-corrected chi connectivity index (χ3v) is 5.18. The van der Waals surface area contributed by atoms with Crippen LogP contribution in [0.1, 0.15) is 24.3 Å². The first kappa shape index (κ1) is 11.3. The standard InChI is InChI=1S/C12H17N5OS/c13-10-9(7-1-2-7)11(19-15-10)16-3-4-17-8(6-16)5-14-12(17)18/h7-8H,1-6H2,(H2,13,15)(H,14,18). The minimum absolute atomic E-state index is 0.0795. The number of fused-ring (bicyclic) bond motifs is 1. The summed E-state index contributed by atoms with van der Waals surface area (Å²) in [5, 5.41) is 4.15. The van der Waals surface area contributed by atoms with Crippen molar-refractivity contribution >= 4 is 28.4 Å². The molecular formula is C12H17N5OS. The minimum Gasteiger partial charge on any atom is -0.383 e. The van der Waals surface area contributed by atoms with E-state index in [4.69, 9.17) is 5.73 Å². The van der Waals surface area contributed by atoms with Crippen LogP contribution in [-0.4, -0.2) is 47.5 Å². The fourth-order valence-corrected chi connectivity index (χ4v) is 4.01. The molecule has 3 aliphatic rings. The van der Waals surface area contributed by atoms with Gasteiger partial charge in [-0.3, -0.25) is 0 Å². The van der Waals surface area contributed by atoms with Gasteiger partial charge in [0.05, 0.1) is 6.04 Å². The highest BCUT2D eigenvalue weighted by molar-refractivity contribution is 7.10. The third-order valence-electron chi connectivity index (χ3n) is 4.24. The van der Waals surface area contributed by atoms with E-state index in [0.717, 1.165) is 26.2 Å². The number of rotatable bonds is 2. The maximum absolute atomic E-state index is 11.6. The number of amides is 2. The molecule has 4 rings (SSSR count). The zero-order chi connectivity index (χ0) is 13.0. The molecule has 7 heteroatoms. The summed E-state index contributed by atoms with van der Waals surface area (Å²) in [6, 6.07) is 0.368. The first-order valence-corrected chi connectivity index (χ1v) is 7.56. The van der Waals surface area contributed by atoms with E-state index in [1.165, 1.54) is 34.9 Å². The third kappa shape index (κ3) is 1.75. The number of piperazine rings is 1. The van der Waals surface area contributed by atoms with Crippen LogP contribution in [0.3, 0.4) is 0 Å². The molecule has 1 aromatic heterocycles.